The Bertz CT molecular complexity index is 1350. The van der Waals surface area contributed by atoms with Crippen molar-refractivity contribution >= 4 is 39.1 Å². The number of halogens is 1. The molecule has 1 unspecified atom stereocenters. The van der Waals surface area contributed by atoms with Crippen molar-refractivity contribution in [3.8, 4) is 5.75 Å². The normalized spacial score (nSPS) is 11.9. The van der Waals surface area contributed by atoms with E-state index in [0.29, 0.717) is 22.9 Å². The molecule has 0 heterocycles. The Morgan fingerprint density at radius 3 is 2.31 bits per heavy atom. The predicted molar refractivity (Wildman–Crippen MR) is 153 cm³/mol. The minimum absolute atomic E-state index is 0.0420. The second kappa shape index (κ2) is 14.0. The molecule has 10 heteroatoms. The molecule has 0 fully saturated rings. The number of methoxy groups -OCH3 is 1. The molecule has 0 aliphatic rings. The number of hydrogen-bond acceptors (Lipinski definition) is 5. The van der Waals surface area contributed by atoms with E-state index in [0.717, 1.165) is 17.1 Å². The smallest absolute Gasteiger partial charge is 0.264 e. The van der Waals surface area contributed by atoms with Crippen LogP contribution in [0.2, 0.25) is 5.02 Å². The number of carbonyl (C=O) groups is 2. The molecule has 39 heavy (non-hydrogen) atoms. The standard InChI is InChI=1S/C29H34ClN3O5S/c1-4-5-18-31-29(35)22(2)32(20-23-10-9-11-24(30)19-23)28(34)21-33(25-14-16-26(38-3)17-15-25)39(36,37)27-12-7-6-8-13-27/h6-17,19,22H,4-5,18,20-21H2,1-3H3,(H,31,35). The van der Waals surface area contributed by atoms with E-state index in [4.69, 9.17) is 16.3 Å². The lowest BCUT2D eigenvalue weighted by molar-refractivity contribution is -0.139. The van der Waals surface area contributed by atoms with Crippen molar-refractivity contribution in [2.75, 3.05) is 24.5 Å². The van der Waals surface area contributed by atoms with Crippen LogP contribution in [0.3, 0.4) is 0 Å². The second-order valence-electron chi connectivity index (χ2n) is 8.99. The summed E-state index contributed by atoms with van der Waals surface area (Å²) in [5.74, 6) is -0.314. The molecule has 8 nitrogen and oxygen atoms in total. The van der Waals surface area contributed by atoms with Crippen LogP contribution in [0.1, 0.15) is 32.3 Å². The molecule has 0 aliphatic carbocycles. The van der Waals surface area contributed by atoms with Crippen LogP contribution in [0.15, 0.2) is 83.8 Å². The van der Waals surface area contributed by atoms with Crippen LogP contribution in [0.25, 0.3) is 0 Å². The van der Waals surface area contributed by atoms with Gasteiger partial charge in [-0.2, -0.15) is 0 Å². The number of carbonyl (C=O) groups excluding carboxylic acids is 2. The molecule has 0 aromatic heterocycles. The van der Waals surface area contributed by atoms with E-state index < -0.39 is 28.5 Å². The lowest BCUT2D eigenvalue weighted by atomic mass is 10.1. The maximum atomic E-state index is 13.9. The van der Waals surface area contributed by atoms with Crippen LogP contribution in [0, 0.1) is 0 Å². The predicted octanol–water partition coefficient (Wildman–Crippen LogP) is 4.88. The third-order valence-electron chi connectivity index (χ3n) is 6.21. The van der Waals surface area contributed by atoms with Crippen molar-refractivity contribution in [1.29, 1.82) is 0 Å². The molecule has 3 rings (SSSR count). The molecular weight excluding hydrogens is 538 g/mol. The Hall–Kier alpha value is -3.56. The number of benzene rings is 3. The summed E-state index contributed by atoms with van der Waals surface area (Å²) in [6.07, 6.45) is 1.72. The van der Waals surface area contributed by atoms with Crippen molar-refractivity contribution in [3.05, 3.63) is 89.4 Å². The maximum Gasteiger partial charge on any atom is 0.264 e. The number of nitrogens with zero attached hydrogens (tertiary/aromatic N) is 2. The molecule has 1 atom stereocenters. The molecule has 0 aliphatic heterocycles. The minimum Gasteiger partial charge on any atom is -0.497 e. The number of nitrogens with one attached hydrogen (secondary N) is 1. The highest BCUT2D eigenvalue weighted by Gasteiger charge is 2.32. The van der Waals surface area contributed by atoms with E-state index in [1.165, 1.54) is 24.1 Å². The molecule has 0 saturated heterocycles. The summed E-state index contributed by atoms with van der Waals surface area (Å²) < 4.78 is 33.8. The monoisotopic (exact) mass is 571 g/mol. The number of amides is 2. The molecule has 0 spiro atoms. The van der Waals surface area contributed by atoms with Gasteiger partial charge in [-0.15, -0.1) is 0 Å². The Kier molecular flexibility index (Phi) is 10.8. The Balaban J connectivity index is 1.99. The number of anilines is 1. The highest BCUT2D eigenvalue weighted by atomic mass is 35.5. The number of ether oxygens (including phenoxy) is 1. The zero-order chi connectivity index (χ0) is 28.4. The molecule has 0 saturated carbocycles. The van der Waals surface area contributed by atoms with Gasteiger partial charge in [0.1, 0.15) is 18.3 Å². The van der Waals surface area contributed by atoms with Crippen LogP contribution < -0.4 is 14.4 Å². The average Bonchev–Trinajstić information content (AvgIpc) is 2.94. The number of unbranched alkanes of at least 4 members (excludes halogenated alkanes) is 1. The maximum absolute atomic E-state index is 13.9. The van der Waals surface area contributed by atoms with E-state index in [2.05, 4.69) is 5.32 Å². The Labute approximate surface area is 235 Å². The molecule has 0 radical (unpaired) electrons. The van der Waals surface area contributed by atoms with Gasteiger partial charge in [-0.1, -0.05) is 55.3 Å². The fourth-order valence-electron chi connectivity index (χ4n) is 3.95. The molecular formula is C29H34ClN3O5S. The summed E-state index contributed by atoms with van der Waals surface area (Å²) >= 11 is 6.17. The minimum atomic E-state index is -4.12. The van der Waals surface area contributed by atoms with E-state index in [9.17, 15) is 18.0 Å². The molecule has 3 aromatic rings. The first-order chi connectivity index (χ1) is 18.7. The van der Waals surface area contributed by atoms with Gasteiger partial charge in [0.15, 0.2) is 0 Å². The summed E-state index contributed by atoms with van der Waals surface area (Å²) in [6.45, 7) is 3.69. The highest BCUT2D eigenvalue weighted by Crippen LogP contribution is 2.26. The number of hydrogen-bond donors (Lipinski definition) is 1. The lowest BCUT2D eigenvalue weighted by Gasteiger charge is -2.32. The molecule has 1 N–H and O–H groups in total. The zero-order valence-corrected chi connectivity index (χ0v) is 23.9. The first kappa shape index (κ1) is 30.0. The van der Waals surface area contributed by atoms with Gasteiger partial charge in [-0.25, -0.2) is 8.42 Å². The van der Waals surface area contributed by atoms with E-state index in [-0.39, 0.29) is 23.0 Å². The fourth-order valence-corrected chi connectivity index (χ4v) is 5.60. The van der Waals surface area contributed by atoms with Crippen LogP contribution in [0.5, 0.6) is 5.75 Å². The third kappa shape index (κ3) is 7.97. The van der Waals surface area contributed by atoms with Crippen molar-refractivity contribution < 1.29 is 22.7 Å². The first-order valence-electron chi connectivity index (χ1n) is 12.7. The van der Waals surface area contributed by atoms with Crippen molar-refractivity contribution in [2.24, 2.45) is 0 Å². The van der Waals surface area contributed by atoms with Crippen molar-refractivity contribution in [3.63, 3.8) is 0 Å². The number of rotatable bonds is 13. The second-order valence-corrected chi connectivity index (χ2v) is 11.3. The van der Waals surface area contributed by atoms with Crippen LogP contribution >= 0.6 is 11.6 Å². The van der Waals surface area contributed by atoms with Gasteiger partial charge in [0, 0.05) is 18.1 Å². The van der Waals surface area contributed by atoms with E-state index in [1.807, 2.05) is 6.92 Å². The van der Waals surface area contributed by atoms with Gasteiger partial charge in [0.2, 0.25) is 11.8 Å². The quantitative estimate of drug-likeness (QED) is 0.295. The zero-order valence-electron chi connectivity index (χ0n) is 22.3. The summed E-state index contributed by atoms with van der Waals surface area (Å²) in [7, 11) is -2.61. The van der Waals surface area contributed by atoms with Crippen molar-refractivity contribution in [2.45, 2.75) is 44.2 Å². The van der Waals surface area contributed by atoms with Gasteiger partial charge >= 0.3 is 0 Å². The average molecular weight is 572 g/mol. The van der Waals surface area contributed by atoms with Gasteiger partial charge < -0.3 is 15.0 Å². The molecule has 2 amide bonds. The van der Waals surface area contributed by atoms with Gasteiger partial charge in [0.25, 0.3) is 10.0 Å². The van der Waals surface area contributed by atoms with Crippen LogP contribution in [-0.4, -0.2) is 51.4 Å². The van der Waals surface area contributed by atoms with E-state index >= 15 is 0 Å². The first-order valence-corrected chi connectivity index (χ1v) is 14.5. The lowest BCUT2D eigenvalue weighted by Crippen LogP contribution is -2.51. The van der Waals surface area contributed by atoms with Crippen molar-refractivity contribution in [1.82, 2.24) is 10.2 Å². The number of sulfonamides is 1. The van der Waals surface area contributed by atoms with Crippen LogP contribution in [0.4, 0.5) is 5.69 Å². The molecule has 208 valence electrons. The Morgan fingerprint density at radius 1 is 1.00 bits per heavy atom. The summed E-state index contributed by atoms with van der Waals surface area (Å²) in [6, 6.07) is 20.5. The topological polar surface area (TPSA) is 96.0 Å². The highest BCUT2D eigenvalue weighted by molar-refractivity contribution is 7.92. The van der Waals surface area contributed by atoms with Gasteiger partial charge in [-0.05, 0) is 67.4 Å². The molecule has 3 aromatic carbocycles. The van der Waals surface area contributed by atoms with E-state index in [1.54, 1.807) is 73.7 Å². The largest absolute Gasteiger partial charge is 0.497 e. The third-order valence-corrected chi connectivity index (χ3v) is 8.23. The van der Waals surface area contributed by atoms with Crippen LogP contribution in [-0.2, 0) is 26.2 Å². The summed E-state index contributed by atoms with van der Waals surface area (Å²) in [5.41, 5.74) is 1.00. The SMILES string of the molecule is CCCCNC(=O)C(C)N(Cc1cccc(Cl)c1)C(=O)CN(c1ccc(OC)cc1)S(=O)(=O)c1ccccc1. The van der Waals surface area contributed by atoms with Gasteiger partial charge in [0.05, 0.1) is 17.7 Å². The summed E-state index contributed by atoms with van der Waals surface area (Å²) in [5, 5.41) is 3.36. The van der Waals surface area contributed by atoms with Gasteiger partial charge in [-0.3, -0.25) is 13.9 Å². The summed E-state index contributed by atoms with van der Waals surface area (Å²) in [4.78, 5) is 28.3. The fraction of sp³-hybridized carbons (Fsp3) is 0.310. The Morgan fingerprint density at radius 2 is 1.69 bits per heavy atom. The molecule has 0 bridgehead atoms.